The molecule has 0 bridgehead atoms. The first-order chi connectivity index (χ1) is 19.9. The van der Waals surface area contributed by atoms with Gasteiger partial charge in [0, 0.05) is 24.5 Å². The van der Waals surface area contributed by atoms with Gasteiger partial charge in [0.1, 0.15) is 18.1 Å². The van der Waals surface area contributed by atoms with Crippen molar-refractivity contribution in [3.05, 3.63) is 113 Å². The number of anilines is 1. The lowest BCUT2D eigenvalue weighted by Gasteiger charge is -2.11. The van der Waals surface area contributed by atoms with Gasteiger partial charge in [0.25, 0.3) is 0 Å². The Hall–Kier alpha value is -4.70. The molecular weight excluding hydrogens is 511 g/mol. The van der Waals surface area contributed by atoms with Crippen LogP contribution in [0.3, 0.4) is 0 Å². The van der Waals surface area contributed by atoms with Crippen molar-refractivity contribution in [3.8, 4) is 17.5 Å². The second kappa shape index (κ2) is 15.8. The number of unbranched alkanes of at least 4 members (excludes halogenated alkanes) is 1. The first-order valence-electron chi connectivity index (χ1n) is 13.9. The van der Waals surface area contributed by atoms with Crippen molar-refractivity contribution in [3.63, 3.8) is 0 Å². The standard InChI is InChI=1S/C34H37FN6/c1-6-9-10-11-12-15-27-18-30(37-20-25(27)5)33-31(35)34(41-23-40-33)39-22-26-17-29(19-36)32(38-21-26)28(14-8-3)16-24(4)13-7-2/h8,10-18,20-21,23H,6-7,9,22H2,1-5H3,(H,39,40,41)/b11-10+,14-8-,15-12-,24-13+,28-16+. The molecule has 0 fully saturated rings. The Labute approximate surface area is 242 Å². The van der Waals surface area contributed by atoms with Gasteiger partial charge < -0.3 is 5.32 Å². The fraction of sp³-hybridized carbons (Fsp3) is 0.265. The molecule has 0 spiro atoms. The molecule has 0 atom stereocenters. The maximum atomic E-state index is 15.5. The Balaban J connectivity index is 1.84. The highest BCUT2D eigenvalue weighted by Gasteiger charge is 2.16. The van der Waals surface area contributed by atoms with Crippen molar-refractivity contribution in [1.29, 1.82) is 5.26 Å². The van der Waals surface area contributed by atoms with Crippen LogP contribution in [-0.2, 0) is 6.54 Å². The van der Waals surface area contributed by atoms with Crippen LogP contribution in [0.2, 0.25) is 0 Å². The van der Waals surface area contributed by atoms with E-state index in [2.05, 4.69) is 57.3 Å². The highest BCUT2D eigenvalue weighted by Crippen LogP contribution is 2.26. The normalized spacial score (nSPS) is 12.5. The molecule has 210 valence electrons. The van der Waals surface area contributed by atoms with E-state index >= 15 is 4.39 Å². The number of allylic oxidation sites excluding steroid dienone is 9. The number of rotatable bonds is 12. The summed E-state index contributed by atoms with van der Waals surface area (Å²) in [6, 6.07) is 5.84. The molecule has 0 aromatic carbocycles. The summed E-state index contributed by atoms with van der Waals surface area (Å²) < 4.78 is 15.5. The Morgan fingerprint density at radius 1 is 1.10 bits per heavy atom. The molecule has 3 aromatic heterocycles. The van der Waals surface area contributed by atoms with Gasteiger partial charge in [0.2, 0.25) is 0 Å². The predicted octanol–water partition coefficient (Wildman–Crippen LogP) is 8.55. The minimum atomic E-state index is -0.594. The number of pyridine rings is 2. The van der Waals surface area contributed by atoms with Crippen molar-refractivity contribution in [1.82, 2.24) is 19.9 Å². The number of nitrogens with one attached hydrogen (secondary N) is 1. The van der Waals surface area contributed by atoms with E-state index in [-0.39, 0.29) is 18.1 Å². The molecule has 3 heterocycles. The van der Waals surface area contributed by atoms with Crippen molar-refractivity contribution < 1.29 is 4.39 Å². The summed E-state index contributed by atoms with van der Waals surface area (Å²) in [4.78, 5) is 17.3. The lowest BCUT2D eigenvalue weighted by atomic mass is 10.0. The molecule has 0 aliphatic carbocycles. The Kier molecular flexibility index (Phi) is 11.9. The third-order valence-electron chi connectivity index (χ3n) is 6.21. The number of halogens is 1. The van der Waals surface area contributed by atoms with E-state index in [1.165, 1.54) is 6.33 Å². The van der Waals surface area contributed by atoms with Crippen LogP contribution in [0.1, 0.15) is 74.9 Å². The third kappa shape index (κ3) is 8.64. The molecule has 0 amide bonds. The van der Waals surface area contributed by atoms with Crippen LogP contribution in [0.5, 0.6) is 0 Å². The number of aromatic nitrogens is 4. The van der Waals surface area contributed by atoms with Gasteiger partial charge >= 0.3 is 0 Å². The van der Waals surface area contributed by atoms with E-state index in [0.717, 1.165) is 47.1 Å². The summed E-state index contributed by atoms with van der Waals surface area (Å²) in [7, 11) is 0. The first kappa shape index (κ1) is 30.8. The highest BCUT2D eigenvalue weighted by atomic mass is 19.1. The van der Waals surface area contributed by atoms with Crippen LogP contribution in [-0.4, -0.2) is 19.9 Å². The minimum absolute atomic E-state index is 0.0504. The smallest absolute Gasteiger partial charge is 0.193 e. The van der Waals surface area contributed by atoms with Crippen molar-refractivity contribution >= 4 is 17.5 Å². The molecule has 0 unspecified atom stereocenters. The van der Waals surface area contributed by atoms with Gasteiger partial charge in [-0.1, -0.05) is 74.4 Å². The summed E-state index contributed by atoms with van der Waals surface area (Å²) >= 11 is 0. The fourth-order valence-electron chi connectivity index (χ4n) is 4.13. The average Bonchev–Trinajstić information content (AvgIpc) is 2.97. The van der Waals surface area contributed by atoms with Gasteiger partial charge in [0.05, 0.1) is 17.0 Å². The number of nitrogens with zero attached hydrogens (tertiary/aromatic N) is 5. The molecule has 0 aliphatic heterocycles. The zero-order valence-electron chi connectivity index (χ0n) is 24.4. The molecule has 3 aromatic rings. The van der Waals surface area contributed by atoms with E-state index in [1.54, 1.807) is 18.5 Å². The van der Waals surface area contributed by atoms with E-state index in [9.17, 15) is 5.26 Å². The molecule has 41 heavy (non-hydrogen) atoms. The van der Waals surface area contributed by atoms with Crippen LogP contribution >= 0.6 is 0 Å². The molecule has 1 N–H and O–H groups in total. The second-order valence-corrected chi connectivity index (χ2v) is 9.55. The molecule has 3 rings (SSSR count). The van der Waals surface area contributed by atoms with Crippen molar-refractivity contribution in [2.45, 2.75) is 60.4 Å². The van der Waals surface area contributed by atoms with Gasteiger partial charge in [-0.05, 0) is 62.4 Å². The van der Waals surface area contributed by atoms with E-state index in [0.29, 0.717) is 17.0 Å². The summed E-state index contributed by atoms with van der Waals surface area (Å²) in [6.45, 7) is 10.4. The number of hydrogen-bond donors (Lipinski definition) is 1. The largest absolute Gasteiger partial charge is 0.363 e. The molecular formula is C34H37FN6. The van der Waals surface area contributed by atoms with Crippen LogP contribution < -0.4 is 5.32 Å². The lowest BCUT2D eigenvalue weighted by Crippen LogP contribution is -2.07. The maximum Gasteiger partial charge on any atom is 0.193 e. The summed E-state index contributed by atoms with van der Waals surface area (Å²) in [5.74, 6) is -0.544. The number of nitriles is 1. The van der Waals surface area contributed by atoms with Crippen LogP contribution in [0, 0.1) is 24.1 Å². The Morgan fingerprint density at radius 2 is 1.93 bits per heavy atom. The lowest BCUT2D eigenvalue weighted by molar-refractivity contribution is 0.620. The van der Waals surface area contributed by atoms with Gasteiger partial charge in [-0.15, -0.1) is 0 Å². The van der Waals surface area contributed by atoms with Gasteiger partial charge in [-0.2, -0.15) is 5.26 Å². The molecule has 0 saturated heterocycles. The summed E-state index contributed by atoms with van der Waals surface area (Å²) in [5, 5.41) is 12.9. The van der Waals surface area contributed by atoms with Crippen LogP contribution in [0.15, 0.2) is 79.0 Å². The SMILES string of the molecule is C\C=C/C(=C\C(C)=C\CC)c1ncc(CNc2ncnc(-c3cc(/C=C\C=C\CCC)c(C)cn3)c2F)cc1C#N. The van der Waals surface area contributed by atoms with E-state index in [4.69, 9.17) is 0 Å². The van der Waals surface area contributed by atoms with Gasteiger partial charge in [0.15, 0.2) is 11.6 Å². The first-order valence-corrected chi connectivity index (χ1v) is 13.9. The van der Waals surface area contributed by atoms with Crippen molar-refractivity contribution in [2.75, 3.05) is 5.32 Å². The molecule has 0 saturated carbocycles. The zero-order valence-corrected chi connectivity index (χ0v) is 24.4. The maximum absolute atomic E-state index is 15.5. The van der Waals surface area contributed by atoms with E-state index < -0.39 is 5.82 Å². The van der Waals surface area contributed by atoms with E-state index in [1.807, 2.05) is 63.3 Å². The molecule has 0 radical (unpaired) electrons. The molecule has 0 aliphatic rings. The Bertz CT molecular complexity index is 1540. The zero-order chi connectivity index (χ0) is 29.6. The fourth-order valence-corrected chi connectivity index (χ4v) is 4.13. The Morgan fingerprint density at radius 3 is 2.66 bits per heavy atom. The molecule has 6 nitrogen and oxygen atoms in total. The number of aryl methyl sites for hydroxylation is 1. The summed E-state index contributed by atoms with van der Waals surface area (Å²) in [6.07, 6.45) is 23.8. The van der Waals surface area contributed by atoms with Crippen LogP contribution in [0.25, 0.3) is 23.0 Å². The van der Waals surface area contributed by atoms with Crippen LogP contribution in [0.4, 0.5) is 10.2 Å². The minimum Gasteiger partial charge on any atom is -0.363 e. The average molecular weight is 549 g/mol. The van der Waals surface area contributed by atoms with Gasteiger partial charge in [-0.25, -0.2) is 14.4 Å². The predicted molar refractivity (Wildman–Crippen MR) is 166 cm³/mol. The van der Waals surface area contributed by atoms with Gasteiger partial charge in [-0.3, -0.25) is 9.97 Å². The number of hydrogen-bond acceptors (Lipinski definition) is 6. The topological polar surface area (TPSA) is 87.4 Å². The summed E-state index contributed by atoms with van der Waals surface area (Å²) in [5.41, 5.74) is 6.17. The third-order valence-corrected chi connectivity index (χ3v) is 6.21. The monoisotopic (exact) mass is 548 g/mol. The molecule has 7 heteroatoms. The second-order valence-electron chi connectivity index (χ2n) is 9.55. The van der Waals surface area contributed by atoms with Crippen molar-refractivity contribution in [2.24, 2.45) is 0 Å². The quantitative estimate of drug-likeness (QED) is 0.228. The highest BCUT2D eigenvalue weighted by molar-refractivity contribution is 5.77.